The molecule has 3 aromatic heterocycles. The van der Waals surface area contributed by atoms with Gasteiger partial charge in [0, 0.05) is 43.6 Å². The van der Waals surface area contributed by atoms with Gasteiger partial charge in [-0.3, -0.25) is 0 Å². The topological polar surface area (TPSA) is 65.0 Å². The molecule has 10 rings (SSSR count). The molecule has 0 unspecified atom stereocenters. The lowest BCUT2D eigenvalue weighted by Gasteiger charge is -2.12. The SMILES string of the molecule is c1ccc2c(-c3nc(-c4cc5c6ccccc6oc5c5ccccc45)nc(-c4cccc5oc6ccccc6c45)n3)cccc2c1. The third kappa shape index (κ3) is 3.66. The molecule has 0 amide bonds. The molecule has 0 aliphatic carbocycles. The Labute approximate surface area is 262 Å². The van der Waals surface area contributed by atoms with Crippen LogP contribution in [0.3, 0.4) is 0 Å². The van der Waals surface area contributed by atoms with Gasteiger partial charge in [0.25, 0.3) is 0 Å². The number of hydrogen-bond donors (Lipinski definition) is 0. The lowest BCUT2D eigenvalue weighted by molar-refractivity contribution is 0.669. The van der Waals surface area contributed by atoms with Crippen LogP contribution in [0, 0.1) is 0 Å². The molecule has 46 heavy (non-hydrogen) atoms. The molecule has 0 bridgehead atoms. The predicted octanol–water partition coefficient (Wildman–Crippen LogP) is 11.0. The largest absolute Gasteiger partial charge is 0.456 e. The van der Waals surface area contributed by atoms with Crippen LogP contribution >= 0.6 is 0 Å². The quantitative estimate of drug-likeness (QED) is 0.205. The van der Waals surface area contributed by atoms with Crippen LogP contribution in [-0.2, 0) is 0 Å². The van der Waals surface area contributed by atoms with Gasteiger partial charge in [-0.15, -0.1) is 0 Å². The first-order valence-electron chi connectivity index (χ1n) is 15.3. The van der Waals surface area contributed by atoms with Crippen molar-refractivity contribution in [2.45, 2.75) is 0 Å². The van der Waals surface area contributed by atoms with Crippen LogP contribution < -0.4 is 0 Å². The van der Waals surface area contributed by atoms with Gasteiger partial charge in [0.15, 0.2) is 17.5 Å². The first kappa shape index (κ1) is 25.0. The first-order chi connectivity index (χ1) is 22.8. The Balaban J connectivity index is 1.33. The molecular weight excluding hydrogens is 566 g/mol. The average Bonchev–Trinajstić information content (AvgIpc) is 3.69. The van der Waals surface area contributed by atoms with Crippen molar-refractivity contribution in [3.8, 4) is 34.2 Å². The van der Waals surface area contributed by atoms with E-state index in [9.17, 15) is 0 Å². The van der Waals surface area contributed by atoms with Gasteiger partial charge in [-0.2, -0.15) is 0 Å². The van der Waals surface area contributed by atoms with E-state index in [-0.39, 0.29) is 0 Å². The molecule has 0 spiro atoms. The van der Waals surface area contributed by atoms with Crippen molar-refractivity contribution >= 4 is 65.4 Å². The minimum Gasteiger partial charge on any atom is -0.456 e. The zero-order valence-corrected chi connectivity index (χ0v) is 24.4. The Morgan fingerprint density at radius 1 is 0.348 bits per heavy atom. The van der Waals surface area contributed by atoms with Crippen molar-refractivity contribution in [1.82, 2.24) is 15.0 Å². The highest BCUT2D eigenvalue weighted by molar-refractivity contribution is 6.19. The standard InChI is InChI=1S/C41H23N3O2/c1-2-13-25-24(11-1)12-9-18-29(25)39-42-40(31-19-10-22-36-37(31)30-17-6-8-21-35(30)45-36)44-41(43-39)33-23-32-27-15-5-7-20-34(27)46-38(32)28-16-4-3-14-26(28)33/h1-23H. The van der Waals surface area contributed by atoms with Crippen LogP contribution in [0.2, 0.25) is 0 Å². The monoisotopic (exact) mass is 589 g/mol. The summed E-state index contributed by atoms with van der Waals surface area (Å²) >= 11 is 0. The van der Waals surface area contributed by atoms with Crippen molar-refractivity contribution in [2.75, 3.05) is 0 Å². The fourth-order valence-electron chi connectivity index (χ4n) is 6.85. The Kier molecular flexibility index (Phi) is 5.22. The molecule has 3 heterocycles. The molecule has 0 fully saturated rings. The van der Waals surface area contributed by atoms with Crippen molar-refractivity contribution in [1.29, 1.82) is 0 Å². The van der Waals surface area contributed by atoms with Crippen LogP contribution in [0.15, 0.2) is 148 Å². The molecule has 0 radical (unpaired) electrons. The average molecular weight is 590 g/mol. The molecule has 7 aromatic carbocycles. The molecule has 0 saturated carbocycles. The van der Waals surface area contributed by atoms with E-state index < -0.39 is 0 Å². The highest BCUT2D eigenvalue weighted by Crippen LogP contribution is 2.41. The zero-order chi connectivity index (χ0) is 30.2. The van der Waals surface area contributed by atoms with E-state index in [0.717, 1.165) is 82.1 Å². The minimum atomic E-state index is 0.589. The smallest absolute Gasteiger partial charge is 0.164 e. The van der Waals surface area contributed by atoms with Crippen LogP contribution in [-0.4, -0.2) is 15.0 Å². The van der Waals surface area contributed by atoms with Crippen LogP contribution in [0.4, 0.5) is 0 Å². The maximum absolute atomic E-state index is 6.41. The van der Waals surface area contributed by atoms with Gasteiger partial charge in [-0.25, -0.2) is 15.0 Å². The van der Waals surface area contributed by atoms with Gasteiger partial charge < -0.3 is 8.83 Å². The number of nitrogens with zero attached hydrogens (tertiary/aromatic N) is 3. The van der Waals surface area contributed by atoms with Crippen LogP contribution in [0.5, 0.6) is 0 Å². The van der Waals surface area contributed by atoms with Gasteiger partial charge in [-0.1, -0.05) is 115 Å². The number of aromatic nitrogens is 3. The molecule has 10 aromatic rings. The van der Waals surface area contributed by atoms with Crippen molar-refractivity contribution < 1.29 is 8.83 Å². The molecule has 0 saturated heterocycles. The maximum Gasteiger partial charge on any atom is 0.164 e. The first-order valence-corrected chi connectivity index (χ1v) is 15.3. The summed E-state index contributed by atoms with van der Waals surface area (Å²) in [5, 5.41) is 8.34. The van der Waals surface area contributed by atoms with Gasteiger partial charge >= 0.3 is 0 Å². The second-order valence-electron chi connectivity index (χ2n) is 11.6. The van der Waals surface area contributed by atoms with E-state index >= 15 is 0 Å². The van der Waals surface area contributed by atoms with Gasteiger partial charge in [0.1, 0.15) is 22.3 Å². The number of fused-ring (bicyclic) bond motifs is 9. The van der Waals surface area contributed by atoms with Crippen LogP contribution in [0.1, 0.15) is 0 Å². The second-order valence-corrected chi connectivity index (χ2v) is 11.6. The van der Waals surface area contributed by atoms with E-state index in [2.05, 4.69) is 78.9 Å². The van der Waals surface area contributed by atoms with E-state index in [4.69, 9.17) is 23.8 Å². The van der Waals surface area contributed by atoms with E-state index in [1.165, 1.54) is 0 Å². The molecule has 5 heteroatoms. The zero-order valence-electron chi connectivity index (χ0n) is 24.4. The summed E-state index contributed by atoms with van der Waals surface area (Å²) in [6, 6.07) is 47.4. The van der Waals surface area contributed by atoms with Gasteiger partial charge in [0.05, 0.1) is 0 Å². The van der Waals surface area contributed by atoms with Crippen molar-refractivity contribution in [3.05, 3.63) is 140 Å². The fraction of sp³-hybridized carbons (Fsp3) is 0. The predicted molar refractivity (Wildman–Crippen MR) is 186 cm³/mol. The number of para-hydroxylation sites is 2. The Morgan fingerprint density at radius 2 is 0.891 bits per heavy atom. The number of hydrogen-bond acceptors (Lipinski definition) is 5. The maximum atomic E-state index is 6.41. The lowest BCUT2D eigenvalue weighted by atomic mass is 9.99. The summed E-state index contributed by atoms with van der Waals surface area (Å²) in [5.41, 5.74) is 6.10. The normalized spacial score (nSPS) is 11.9. The van der Waals surface area contributed by atoms with E-state index in [0.29, 0.717) is 17.5 Å². The lowest BCUT2D eigenvalue weighted by Crippen LogP contribution is -2.01. The summed E-state index contributed by atoms with van der Waals surface area (Å²) < 4.78 is 12.7. The van der Waals surface area contributed by atoms with Crippen molar-refractivity contribution in [2.24, 2.45) is 0 Å². The second kappa shape index (κ2) is 9.58. The molecule has 214 valence electrons. The summed E-state index contributed by atoms with van der Waals surface area (Å²) in [5.74, 6) is 1.80. The minimum absolute atomic E-state index is 0.589. The number of benzene rings is 7. The van der Waals surface area contributed by atoms with Crippen LogP contribution in [0.25, 0.3) is 99.6 Å². The molecule has 0 N–H and O–H groups in total. The fourth-order valence-corrected chi connectivity index (χ4v) is 6.85. The summed E-state index contributed by atoms with van der Waals surface area (Å²) in [6.45, 7) is 0. The Bertz CT molecular complexity index is 2820. The van der Waals surface area contributed by atoms with E-state index in [1.807, 2.05) is 60.7 Å². The highest BCUT2D eigenvalue weighted by atomic mass is 16.3. The van der Waals surface area contributed by atoms with Crippen molar-refractivity contribution in [3.63, 3.8) is 0 Å². The Hall–Kier alpha value is -6.33. The molecule has 0 aliphatic rings. The van der Waals surface area contributed by atoms with Gasteiger partial charge in [-0.05, 0) is 40.4 Å². The summed E-state index contributed by atoms with van der Waals surface area (Å²) in [4.78, 5) is 15.7. The number of rotatable bonds is 3. The van der Waals surface area contributed by atoms with E-state index in [1.54, 1.807) is 0 Å². The van der Waals surface area contributed by atoms with Gasteiger partial charge in [0.2, 0.25) is 0 Å². The summed E-state index contributed by atoms with van der Waals surface area (Å²) in [6.07, 6.45) is 0. The third-order valence-corrected chi connectivity index (χ3v) is 8.93. The summed E-state index contributed by atoms with van der Waals surface area (Å²) in [7, 11) is 0. The third-order valence-electron chi connectivity index (χ3n) is 8.93. The molecule has 0 atom stereocenters. The highest BCUT2D eigenvalue weighted by Gasteiger charge is 2.21. The number of furan rings is 2. The molecular formula is C41H23N3O2. The molecule has 5 nitrogen and oxygen atoms in total. The molecule has 0 aliphatic heterocycles. The Morgan fingerprint density at radius 3 is 1.72 bits per heavy atom.